The smallest absolute Gasteiger partial charge is 0.136 e. The Morgan fingerprint density at radius 2 is 2.06 bits per heavy atom. The van der Waals surface area contributed by atoms with Crippen LogP contribution in [0.15, 0.2) is 11.8 Å². The normalized spacial score (nSPS) is 34.9. The van der Waals surface area contributed by atoms with Crippen LogP contribution in [0.3, 0.4) is 0 Å². The zero-order chi connectivity index (χ0) is 11.8. The summed E-state index contributed by atoms with van der Waals surface area (Å²) >= 11 is 0. The van der Waals surface area contributed by atoms with Gasteiger partial charge in [0.2, 0.25) is 0 Å². The molecule has 2 heteroatoms. The van der Waals surface area contributed by atoms with Crippen molar-refractivity contribution in [3.63, 3.8) is 0 Å². The maximum absolute atomic E-state index is 11.9. The molecule has 0 saturated heterocycles. The number of carbonyl (C=O) groups is 1. The van der Waals surface area contributed by atoms with Gasteiger partial charge in [0, 0.05) is 12.3 Å². The van der Waals surface area contributed by atoms with Crippen LogP contribution in [0, 0.1) is 17.8 Å². The van der Waals surface area contributed by atoms with Crippen LogP contribution in [0.1, 0.15) is 32.1 Å². The van der Waals surface area contributed by atoms with E-state index in [1.165, 1.54) is 19.3 Å². The highest BCUT2D eigenvalue weighted by atomic mass is 28.3. The lowest BCUT2D eigenvalue weighted by molar-refractivity contribution is -0.121. The number of carbonyl (C=O) groups excluding carboxylic acids is 1. The fraction of sp³-hybridized carbons (Fsp3) is 0.786. The topological polar surface area (TPSA) is 17.1 Å². The first-order chi connectivity index (χ1) is 7.47. The van der Waals surface area contributed by atoms with E-state index in [0.717, 1.165) is 24.7 Å². The van der Waals surface area contributed by atoms with Crippen LogP contribution in [0.5, 0.6) is 0 Å². The largest absolute Gasteiger partial charge is 0.299 e. The summed E-state index contributed by atoms with van der Waals surface area (Å²) in [5, 5.41) is 0. The average molecular weight is 236 g/mol. The maximum Gasteiger partial charge on any atom is 0.136 e. The molecule has 2 fully saturated rings. The van der Waals surface area contributed by atoms with Crippen molar-refractivity contribution in [3.8, 4) is 0 Å². The number of hydrogen-bond acceptors (Lipinski definition) is 1. The summed E-state index contributed by atoms with van der Waals surface area (Å²) in [6.07, 6.45) is 8.18. The van der Waals surface area contributed by atoms with Gasteiger partial charge in [0.1, 0.15) is 5.78 Å². The van der Waals surface area contributed by atoms with Crippen LogP contribution in [0.25, 0.3) is 0 Å². The molecule has 0 aromatic carbocycles. The summed E-state index contributed by atoms with van der Waals surface area (Å²) in [7, 11) is -1.08. The molecule has 0 radical (unpaired) electrons. The molecule has 0 N–H and O–H groups in total. The lowest BCUT2D eigenvalue weighted by atomic mass is 9.89. The first-order valence-corrected chi connectivity index (χ1v) is 10.3. The van der Waals surface area contributed by atoms with Gasteiger partial charge < -0.3 is 0 Å². The Morgan fingerprint density at radius 1 is 1.31 bits per heavy atom. The fourth-order valence-electron chi connectivity index (χ4n) is 3.37. The number of rotatable bonds is 3. The highest BCUT2D eigenvalue weighted by Crippen LogP contribution is 2.46. The monoisotopic (exact) mass is 236 g/mol. The third kappa shape index (κ3) is 2.65. The first kappa shape index (κ1) is 12.1. The highest BCUT2D eigenvalue weighted by Gasteiger charge is 2.43. The van der Waals surface area contributed by atoms with E-state index in [-0.39, 0.29) is 0 Å². The number of ketones is 1. The van der Waals surface area contributed by atoms with Gasteiger partial charge in [-0.05, 0) is 31.1 Å². The third-order valence-corrected chi connectivity index (χ3v) is 5.36. The van der Waals surface area contributed by atoms with E-state index in [1.807, 2.05) is 0 Å². The van der Waals surface area contributed by atoms with Gasteiger partial charge in [-0.1, -0.05) is 37.8 Å². The predicted octanol–water partition coefficient (Wildman–Crippen LogP) is 3.82. The summed E-state index contributed by atoms with van der Waals surface area (Å²) in [5.74, 6) is 2.41. The van der Waals surface area contributed by atoms with Crippen LogP contribution in [-0.4, -0.2) is 13.9 Å². The van der Waals surface area contributed by atoms with E-state index in [0.29, 0.717) is 11.7 Å². The van der Waals surface area contributed by atoms with Crippen molar-refractivity contribution in [2.45, 2.75) is 51.7 Å². The zero-order valence-corrected chi connectivity index (χ0v) is 11.8. The quantitative estimate of drug-likeness (QED) is 0.681. The van der Waals surface area contributed by atoms with E-state index in [1.54, 1.807) is 0 Å². The van der Waals surface area contributed by atoms with Crippen molar-refractivity contribution in [1.82, 2.24) is 0 Å². The second-order valence-corrected chi connectivity index (χ2v) is 11.7. The SMILES string of the molecule is C[Si](C)(C)/C=C/C[C@H]1C(=O)C[C@@H]2CCC[C@@H]21. The Balaban J connectivity index is 1.94. The Morgan fingerprint density at radius 3 is 2.75 bits per heavy atom. The molecule has 90 valence electrons. The van der Waals surface area contributed by atoms with E-state index in [2.05, 4.69) is 31.4 Å². The van der Waals surface area contributed by atoms with Gasteiger partial charge in [-0.15, -0.1) is 0 Å². The highest BCUT2D eigenvalue weighted by molar-refractivity contribution is 6.80. The molecular formula is C14H24OSi. The zero-order valence-electron chi connectivity index (χ0n) is 10.8. The average Bonchev–Trinajstić information content (AvgIpc) is 2.67. The predicted molar refractivity (Wildman–Crippen MR) is 71.0 cm³/mol. The molecule has 0 unspecified atom stereocenters. The fourth-order valence-corrected chi connectivity index (χ4v) is 4.21. The first-order valence-electron chi connectivity index (χ1n) is 6.68. The third-order valence-electron chi connectivity index (χ3n) is 4.12. The number of fused-ring (bicyclic) bond motifs is 1. The molecule has 0 spiro atoms. The van der Waals surface area contributed by atoms with Crippen LogP contribution in [0.4, 0.5) is 0 Å². The molecule has 16 heavy (non-hydrogen) atoms. The molecule has 0 bridgehead atoms. The minimum absolute atomic E-state index is 0.375. The van der Waals surface area contributed by atoms with Crippen LogP contribution in [-0.2, 0) is 4.79 Å². The van der Waals surface area contributed by atoms with Gasteiger partial charge in [0.05, 0.1) is 8.07 Å². The molecule has 0 aromatic rings. The van der Waals surface area contributed by atoms with Crippen molar-refractivity contribution in [1.29, 1.82) is 0 Å². The number of hydrogen-bond donors (Lipinski definition) is 0. The van der Waals surface area contributed by atoms with Crippen molar-refractivity contribution >= 4 is 13.9 Å². The van der Waals surface area contributed by atoms with Crippen molar-refractivity contribution in [2.24, 2.45) is 17.8 Å². The molecule has 2 aliphatic carbocycles. The van der Waals surface area contributed by atoms with Gasteiger partial charge in [-0.25, -0.2) is 0 Å². The lowest BCUT2D eigenvalue weighted by Gasteiger charge is -2.16. The minimum Gasteiger partial charge on any atom is -0.299 e. The molecule has 0 amide bonds. The van der Waals surface area contributed by atoms with Crippen LogP contribution < -0.4 is 0 Å². The van der Waals surface area contributed by atoms with Crippen LogP contribution in [0.2, 0.25) is 19.6 Å². The number of Topliss-reactive ketones (excluding diaryl/α,β-unsaturated/α-hetero) is 1. The molecule has 0 heterocycles. The van der Waals surface area contributed by atoms with Gasteiger partial charge >= 0.3 is 0 Å². The van der Waals surface area contributed by atoms with Crippen molar-refractivity contribution in [3.05, 3.63) is 11.8 Å². The summed E-state index contributed by atoms with van der Waals surface area (Å²) < 4.78 is 0. The van der Waals surface area contributed by atoms with E-state index in [9.17, 15) is 4.79 Å². The molecule has 2 rings (SSSR count). The Kier molecular flexibility index (Phi) is 3.39. The van der Waals surface area contributed by atoms with E-state index in [4.69, 9.17) is 0 Å². The summed E-state index contributed by atoms with van der Waals surface area (Å²) in [6, 6.07) is 0. The summed E-state index contributed by atoms with van der Waals surface area (Å²) in [6.45, 7) is 7.04. The van der Waals surface area contributed by atoms with Crippen molar-refractivity contribution in [2.75, 3.05) is 0 Å². The van der Waals surface area contributed by atoms with Crippen molar-refractivity contribution < 1.29 is 4.79 Å². The Labute approximate surface area is 100 Å². The van der Waals surface area contributed by atoms with Gasteiger partial charge in [-0.2, -0.15) is 0 Å². The number of allylic oxidation sites excluding steroid dienone is 1. The van der Waals surface area contributed by atoms with E-state index >= 15 is 0 Å². The second-order valence-electron chi connectivity index (χ2n) is 6.64. The van der Waals surface area contributed by atoms with Gasteiger partial charge in [0.15, 0.2) is 0 Å². The second kappa shape index (κ2) is 4.48. The minimum atomic E-state index is -1.08. The summed E-state index contributed by atoms with van der Waals surface area (Å²) in [4.78, 5) is 11.9. The molecule has 2 saturated carbocycles. The molecule has 0 aromatic heterocycles. The molecule has 0 aliphatic heterocycles. The molecule has 1 nitrogen and oxygen atoms in total. The van der Waals surface area contributed by atoms with E-state index < -0.39 is 8.07 Å². The molecule has 2 aliphatic rings. The summed E-state index contributed by atoms with van der Waals surface area (Å²) in [5.41, 5.74) is 2.39. The molecular weight excluding hydrogens is 212 g/mol. The molecule has 3 atom stereocenters. The lowest BCUT2D eigenvalue weighted by Crippen LogP contribution is -2.17. The standard InChI is InChI=1S/C14H24OSi/c1-16(2,3)9-5-8-13-12-7-4-6-11(12)10-14(13)15/h5,9,11-13H,4,6-8,10H2,1-3H3/b9-5+/t11-,12-,13+/m0/s1. The van der Waals surface area contributed by atoms with Crippen LogP contribution >= 0.6 is 0 Å². The maximum atomic E-state index is 11.9. The Bertz CT molecular complexity index is 300. The van der Waals surface area contributed by atoms with Gasteiger partial charge in [0.25, 0.3) is 0 Å². The van der Waals surface area contributed by atoms with Gasteiger partial charge in [-0.3, -0.25) is 4.79 Å². The Hall–Kier alpha value is -0.373.